The summed E-state index contributed by atoms with van der Waals surface area (Å²) in [6.07, 6.45) is -5.48. The van der Waals surface area contributed by atoms with Crippen molar-refractivity contribution in [1.29, 1.82) is 0 Å². The molecule has 0 radical (unpaired) electrons. The van der Waals surface area contributed by atoms with Crippen LogP contribution in [0.25, 0.3) is 0 Å². The van der Waals surface area contributed by atoms with Crippen molar-refractivity contribution in [3.05, 3.63) is 35.4 Å². The molecular formula is C11H11F3O2. The molecule has 0 aliphatic heterocycles. The van der Waals surface area contributed by atoms with Gasteiger partial charge in [-0.05, 0) is 24.6 Å². The minimum absolute atomic E-state index is 0.0719. The highest BCUT2D eigenvalue weighted by molar-refractivity contribution is 5.89. The summed E-state index contributed by atoms with van der Waals surface area (Å²) in [5, 5.41) is 0. The number of esters is 1. The maximum Gasteiger partial charge on any atom is 0.338 e. The molecule has 0 spiro atoms. The van der Waals surface area contributed by atoms with Crippen molar-refractivity contribution < 1.29 is 22.7 Å². The molecule has 0 aliphatic carbocycles. The fourth-order valence-corrected chi connectivity index (χ4v) is 1.20. The van der Waals surface area contributed by atoms with Crippen LogP contribution in [0.15, 0.2) is 24.3 Å². The Balaban J connectivity index is 2.90. The van der Waals surface area contributed by atoms with Crippen LogP contribution in [0, 0.1) is 0 Å². The van der Waals surface area contributed by atoms with Crippen molar-refractivity contribution in [2.45, 2.75) is 19.5 Å². The van der Waals surface area contributed by atoms with Gasteiger partial charge in [0.05, 0.1) is 12.2 Å². The first-order chi connectivity index (χ1) is 7.56. The highest BCUT2D eigenvalue weighted by Crippen LogP contribution is 2.25. The summed E-state index contributed by atoms with van der Waals surface area (Å²) in [6.45, 7) is 1.80. The molecule has 0 N–H and O–H groups in total. The van der Waals surface area contributed by atoms with E-state index in [0.717, 1.165) is 6.07 Å². The zero-order valence-corrected chi connectivity index (χ0v) is 8.62. The van der Waals surface area contributed by atoms with E-state index in [4.69, 9.17) is 0 Å². The average Bonchev–Trinajstić information content (AvgIpc) is 2.28. The highest BCUT2D eigenvalue weighted by atomic mass is 19.3. The van der Waals surface area contributed by atoms with Crippen LogP contribution in [0.5, 0.6) is 0 Å². The predicted molar refractivity (Wildman–Crippen MR) is 52.3 cm³/mol. The molecule has 0 fully saturated rings. The quantitative estimate of drug-likeness (QED) is 0.745. The number of rotatable bonds is 4. The van der Waals surface area contributed by atoms with E-state index in [1.165, 1.54) is 18.2 Å². The fraction of sp³-hybridized carbons (Fsp3) is 0.364. The Labute approximate surface area is 91.0 Å². The molecule has 5 heteroatoms. The summed E-state index contributed by atoms with van der Waals surface area (Å²) in [7, 11) is 0. The van der Waals surface area contributed by atoms with E-state index in [0.29, 0.717) is 0 Å². The number of halogens is 3. The van der Waals surface area contributed by atoms with Crippen molar-refractivity contribution in [2.75, 3.05) is 6.61 Å². The minimum atomic E-state index is -3.10. The first-order valence-corrected chi connectivity index (χ1v) is 4.75. The van der Waals surface area contributed by atoms with Crippen LogP contribution in [-0.4, -0.2) is 19.0 Å². The monoisotopic (exact) mass is 232 g/mol. The molecular weight excluding hydrogens is 221 g/mol. The second kappa shape index (κ2) is 5.53. The van der Waals surface area contributed by atoms with E-state index in [9.17, 15) is 18.0 Å². The van der Waals surface area contributed by atoms with Crippen LogP contribution in [0.3, 0.4) is 0 Å². The Hall–Kier alpha value is -1.52. The van der Waals surface area contributed by atoms with Gasteiger partial charge in [-0.3, -0.25) is 0 Å². The largest absolute Gasteiger partial charge is 0.462 e. The normalized spacial score (nSPS) is 12.6. The summed E-state index contributed by atoms with van der Waals surface area (Å²) in [4.78, 5) is 11.3. The molecule has 2 nitrogen and oxygen atoms in total. The molecule has 0 aromatic heterocycles. The fourth-order valence-electron chi connectivity index (χ4n) is 1.20. The van der Waals surface area contributed by atoms with E-state index in [1.54, 1.807) is 6.92 Å². The Bertz CT molecular complexity index is 366. The zero-order valence-electron chi connectivity index (χ0n) is 8.62. The minimum Gasteiger partial charge on any atom is -0.462 e. The Kier molecular flexibility index (Phi) is 4.34. The molecule has 1 atom stereocenters. The average molecular weight is 232 g/mol. The molecule has 1 rings (SSSR count). The Morgan fingerprint density at radius 2 is 2.06 bits per heavy atom. The van der Waals surface area contributed by atoms with Crippen LogP contribution in [0.1, 0.15) is 29.0 Å². The maximum absolute atomic E-state index is 13.0. The van der Waals surface area contributed by atoms with E-state index < -0.39 is 18.6 Å². The van der Waals surface area contributed by atoms with E-state index >= 15 is 0 Å². The number of carbonyl (C=O) groups excluding carboxylic acids is 1. The lowest BCUT2D eigenvalue weighted by Crippen LogP contribution is -2.07. The summed E-state index contributed by atoms with van der Waals surface area (Å²) < 4.78 is 41.9. The Morgan fingerprint density at radius 1 is 1.38 bits per heavy atom. The van der Waals surface area contributed by atoms with Gasteiger partial charge in [-0.2, -0.15) is 0 Å². The molecule has 88 valence electrons. The summed E-state index contributed by atoms with van der Waals surface area (Å²) in [6, 6.07) is 5.02. The first kappa shape index (κ1) is 12.5. The van der Waals surface area contributed by atoms with Gasteiger partial charge in [-0.1, -0.05) is 12.1 Å². The van der Waals surface area contributed by atoms with Gasteiger partial charge in [0.2, 0.25) is 0 Å². The van der Waals surface area contributed by atoms with Gasteiger partial charge < -0.3 is 4.74 Å². The lowest BCUT2D eigenvalue weighted by molar-refractivity contribution is 0.0483. The van der Waals surface area contributed by atoms with Crippen molar-refractivity contribution >= 4 is 5.97 Å². The molecule has 1 unspecified atom stereocenters. The van der Waals surface area contributed by atoms with E-state index in [2.05, 4.69) is 4.74 Å². The van der Waals surface area contributed by atoms with Crippen LogP contribution in [0.2, 0.25) is 0 Å². The number of benzene rings is 1. The lowest BCUT2D eigenvalue weighted by Gasteiger charge is -2.08. The first-order valence-electron chi connectivity index (χ1n) is 4.75. The summed E-state index contributed by atoms with van der Waals surface area (Å²) in [5.41, 5.74) is -0.150. The molecule has 16 heavy (non-hydrogen) atoms. The smallest absolute Gasteiger partial charge is 0.338 e. The third kappa shape index (κ3) is 2.98. The van der Waals surface area contributed by atoms with Crippen LogP contribution in [0.4, 0.5) is 13.2 Å². The molecule has 0 aliphatic rings. The Morgan fingerprint density at radius 3 is 2.62 bits per heavy atom. The van der Waals surface area contributed by atoms with E-state index in [1.807, 2.05) is 0 Å². The third-order valence-corrected chi connectivity index (χ3v) is 1.94. The van der Waals surface area contributed by atoms with Gasteiger partial charge in [-0.25, -0.2) is 18.0 Å². The number of hydrogen-bond acceptors (Lipinski definition) is 2. The predicted octanol–water partition coefficient (Wildman–Crippen LogP) is 3.14. The molecule has 0 amide bonds. The molecule has 0 saturated carbocycles. The zero-order chi connectivity index (χ0) is 12.1. The number of hydrogen-bond donors (Lipinski definition) is 0. The summed E-state index contributed by atoms with van der Waals surface area (Å²) in [5.74, 6) is -0.647. The van der Waals surface area contributed by atoms with Crippen LogP contribution < -0.4 is 0 Å². The van der Waals surface area contributed by atoms with Gasteiger partial charge in [0.1, 0.15) is 0 Å². The SMILES string of the molecule is CCOC(=O)c1cccc(C(F)C(F)F)c1. The summed E-state index contributed by atoms with van der Waals surface area (Å²) >= 11 is 0. The number of alkyl halides is 3. The van der Waals surface area contributed by atoms with Crippen molar-refractivity contribution in [3.63, 3.8) is 0 Å². The van der Waals surface area contributed by atoms with Gasteiger partial charge in [-0.15, -0.1) is 0 Å². The molecule has 0 heterocycles. The number of carbonyl (C=O) groups is 1. The standard InChI is InChI=1S/C11H11F3O2/c1-2-16-11(15)8-5-3-4-7(6-8)9(12)10(13)14/h3-6,9-10H,2H2,1H3. The van der Waals surface area contributed by atoms with Gasteiger partial charge >= 0.3 is 5.97 Å². The highest BCUT2D eigenvalue weighted by Gasteiger charge is 2.22. The molecule has 0 saturated heterocycles. The second-order valence-electron chi connectivity index (χ2n) is 3.08. The second-order valence-corrected chi connectivity index (χ2v) is 3.08. The molecule has 1 aromatic carbocycles. The third-order valence-electron chi connectivity index (χ3n) is 1.94. The van der Waals surface area contributed by atoms with Gasteiger partial charge in [0.15, 0.2) is 6.17 Å². The van der Waals surface area contributed by atoms with Crippen molar-refractivity contribution in [2.24, 2.45) is 0 Å². The number of ether oxygens (including phenoxy) is 1. The molecule has 0 bridgehead atoms. The van der Waals surface area contributed by atoms with Crippen LogP contribution >= 0.6 is 0 Å². The maximum atomic E-state index is 13.0. The topological polar surface area (TPSA) is 26.3 Å². The van der Waals surface area contributed by atoms with Crippen molar-refractivity contribution in [3.8, 4) is 0 Å². The van der Waals surface area contributed by atoms with Gasteiger partial charge in [0, 0.05) is 0 Å². The van der Waals surface area contributed by atoms with Gasteiger partial charge in [0.25, 0.3) is 6.43 Å². The molecule has 1 aromatic rings. The van der Waals surface area contributed by atoms with E-state index in [-0.39, 0.29) is 17.7 Å². The lowest BCUT2D eigenvalue weighted by atomic mass is 10.1. The van der Waals surface area contributed by atoms with Crippen molar-refractivity contribution in [1.82, 2.24) is 0 Å². The van der Waals surface area contributed by atoms with Crippen LogP contribution in [-0.2, 0) is 4.74 Å².